The summed E-state index contributed by atoms with van der Waals surface area (Å²) in [4.78, 5) is 54.4. The zero-order valence-corrected chi connectivity index (χ0v) is 44.0. The number of unbranched alkanes of at least 4 members (excludes halogenated alkanes) is 14. The quantitative estimate of drug-likeness (QED) is 0.00929. The minimum atomic E-state index is -5.39. The van der Waals surface area contributed by atoms with E-state index >= 15 is 0 Å². The van der Waals surface area contributed by atoms with Gasteiger partial charge >= 0.3 is 27.6 Å². The lowest BCUT2D eigenvalue weighted by molar-refractivity contribution is -0.216. The van der Waals surface area contributed by atoms with Crippen LogP contribution in [0.5, 0.6) is 0 Å². The summed E-state index contributed by atoms with van der Waals surface area (Å²) >= 11 is 0. The van der Waals surface area contributed by atoms with Crippen LogP contribution in [0.2, 0.25) is 0 Å². The molecule has 0 bridgehead atoms. The summed E-state index contributed by atoms with van der Waals surface area (Å²) in [5, 5.41) is 51.5. The van der Waals surface area contributed by atoms with Gasteiger partial charge in [0.2, 0.25) is 0 Å². The minimum absolute atomic E-state index is 0.00423. The normalized spacial score (nSPS) is 22.0. The van der Waals surface area contributed by atoms with Crippen molar-refractivity contribution >= 4 is 27.6 Å². The van der Waals surface area contributed by atoms with Crippen molar-refractivity contribution < 1.29 is 82.0 Å². The number of hydrogen-bond acceptors (Lipinski definition) is 14. The number of aliphatic hydroxyl groups is 5. The van der Waals surface area contributed by atoms with Crippen LogP contribution in [0.1, 0.15) is 168 Å². The summed E-state index contributed by atoms with van der Waals surface area (Å²) in [5.41, 5.74) is 0. The molecule has 0 saturated heterocycles. The van der Waals surface area contributed by atoms with E-state index in [0.717, 1.165) is 70.6 Å². The first-order chi connectivity index (χ1) is 34.0. The Bertz CT molecular complexity index is 1710. The fraction of sp³-hybridized carbons (Fsp3) is 0.692. The summed E-state index contributed by atoms with van der Waals surface area (Å²) in [7, 11) is -10.7. The van der Waals surface area contributed by atoms with Crippen LogP contribution in [0.3, 0.4) is 0 Å². The number of carbonyl (C=O) groups is 2. The molecule has 0 radical (unpaired) electrons. The number of allylic oxidation sites excluding steroid dienone is 12. The molecule has 408 valence electrons. The Morgan fingerprint density at radius 3 is 1.59 bits per heavy atom. The number of aliphatic hydroxyl groups excluding tert-OH is 5. The van der Waals surface area contributed by atoms with Crippen LogP contribution < -0.4 is 0 Å². The number of carbonyl (C=O) groups excluding carboxylic acids is 2. The zero-order chi connectivity index (χ0) is 52.6. The number of rotatable bonds is 42. The molecule has 1 aliphatic rings. The van der Waals surface area contributed by atoms with Crippen molar-refractivity contribution in [2.75, 3.05) is 13.2 Å². The van der Waals surface area contributed by atoms with Crippen molar-refractivity contribution in [3.05, 3.63) is 85.1 Å². The third kappa shape index (κ3) is 35.9. The van der Waals surface area contributed by atoms with Gasteiger partial charge in [0, 0.05) is 12.8 Å². The average Bonchev–Trinajstić information content (AvgIpc) is 3.32. The molecule has 0 aromatic carbocycles. The molecule has 9 atom stereocenters. The number of phosphoric acid groups is 2. The lowest BCUT2D eigenvalue weighted by Crippen LogP contribution is -2.64. The van der Waals surface area contributed by atoms with E-state index in [1.807, 2.05) is 18.2 Å². The predicted molar refractivity (Wildman–Crippen MR) is 275 cm³/mol. The summed E-state index contributed by atoms with van der Waals surface area (Å²) in [6, 6.07) is 0. The minimum Gasteiger partial charge on any atom is -0.462 e. The largest absolute Gasteiger partial charge is 0.472 e. The molecule has 6 unspecified atom stereocenters. The van der Waals surface area contributed by atoms with E-state index in [2.05, 4.69) is 67.0 Å². The van der Waals surface area contributed by atoms with Gasteiger partial charge in [0.1, 0.15) is 43.2 Å². The van der Waals surface area contributed by atoms with E-state index in [-0.39, 0.29) is 12.8 Å². The van der Waals surface area contributed by atoms with Crippen LogP contribution in [0, 0.1) is 0 Å². The van der Waals surface area contributed by atoms with Gasteiger partial charge in [-0.25, -0.2) is 9.13 Å². The van der Waals surface area contributed by atoms with Crippen LogP contribution in [0.4, 0.5) is 0 Å². The van der Waals surface area contributed by atoms with Crippen molar-refractivity contribution in [2.45, 2.75) is 217 Å². The molecule has 71 heavy (non-hydrogen) atoms. The Labute approximate surface area is 423 Å². The van der Waals surface area contributed by atoms with Crippen molar-refractivity contribution in [1.29, 1.82) is 0 Å². The molecule has 0 spiro atoms. The zero-order valence-electron chi connectivity index (χ0n) is 42.2. The lowest BCUT2D eigenvalue weighted by atomic mass is 9.85. The second kappa shape index (κ2) is 41.5. The van der Waals surface area contributed by atoms with Crippen molar-refractivity contribution in [3.8, 4) is 0 Å². The lowest BCUT2D eigenvalue weighted by Gasteiger charge is -2.43. The van der Waals surface area contributed by atoms with Gasteiger partial charge in [-0.1, -0.05) is 157 Å². The van der Waals surface area contributed by atoms with Crippen molar-refractivity contribution in [1.82, 2.24) is 0 Å². The molecule has 1 saturated carbocycles. The molecule has 17 nitrogen and oxygen atoms in total. The first-order valence-corrected chi connectivity index (χ1v) is 28.8. The molecular weight excluding hydrogens is 959 g/mol. The fourth-order valence-corrected chi connectivity index (χ4v) is 8.76. The summed E-state index contributed by atoms with van der Waals surface area (Å²) < 4.78 is 49.4. The van der Waals surface area contributed by atoms with Gasteiger partial charge in [0.25, 0.3) is 0 Å². The third-order valence-corrected chi connectivity index (χ3v) is 12.8. The van der Waals surface area contributed by atoms with Crippen molar-refractivity contribution in [2.24, 2.45) is 0 Å². The number of ether oxygens (including phenoxy) is 2. The SMILES string of the molecule is CCCCC/C=C\C/C=C\CC(O)/C=C\C=C\CCCC(=O)OC[C@H](COP(=O)(O)O[C@H]1C(O)C(O)C(O)[C@@H](OP(=O)(O)O)C1O)OC(=O)CCCCCCCC/C=C\C/C=C\C/C=C\CCCCCC. The summed E-state index contributed by atoms with van der Waals surface area (Å²) in [5.74, 6) is -1.36. The average molecular weight is 1050 g/mol. The van der Waals surface area contributed by atoms with E-state index in [1.165, 1.54) is 44.9 Å². The highest BCUT2D eigenvalue weighted by Crippen LogP contribution is 2.49. The molecule has 0 aromatic rings. The molecule has 0 heterocycles. The van der Waals surface area contributed by atoms with E-state index < -0.39 is 89.6 Å². The maximum Gasteiger partial charge on any atom is 0.472 e. The van der Waals surface area contributed by atoms with E-state index in [1.54, 1.807) is 18.2 Å². The van der Waals surface area contributed by atoms with Gasteiger partial charge in [-0.3, -0.25) is 23.2 Å². The van der Waals surface area contributed by atoms with Gasteiger partial charge < -0.3 is 49.7 Å². The highest BCUT2D eigenvalue weighted by atomic mass is 31.2. The molecule has 19 heteroatoms. The standard InChI is InChI=1S/C52H88O17P2/c1-3-5-7-9-11-13-14-15-16-17-18-19-20-21-22-23-25-27-31-36-40-46(55)67-44(42-66-71(63,64)69-52-49(58)47(56)48(57)51(50(52)59)68-70(60,61)62)41-65-45(54)39-35-32-28-30-34-38-43(53)37-33-29-26-24-12-10-8-6-4-2/h12-14,16-17,19-20,24,28-30,33-34,38,43-44,47-53,56-59H,3-11,15,18,21-23,25-27,31-32,35-37,39-42H2,1-2H3,(H,63,64)(H2,60,61,62)/b14-13-,17-16-,20-19-,24-12-,30-28+,33-29-,38-34-/t43?,44-,47?,48?,49?,50?,51-,52+/m1/s1. The first-order valence-electron chi connectivity index (χ1n) is 25.7. The summed E-state index contributed by atoms with van der Waals surface area (Å²) in [6.45, 7) is 2.93. The van der Waals surface area contributed by atoms with E-state index in [4.69, 9.17) is 18.5 Å². The topological polar surface area (TPSA) is 276 Å². The second-order valence-corrected chi connectivity index (χ2v) is 20.3. The smallest absolute Gasteiger partial charge is 0.462 e. The molecule has 1 fully saturated rings. The Hall–Kier alpha value is -2.86. The van der Waals surface area contributed by atoms with Crippen LogP contribution >= 0.6 is 15.6 Å². The number of hydrogen-bond donors (Lipinski definition) is 8. The third-order valence-electron chi connectivity index (χ3n) is 11.3. The molecule has 1 aliphatic carbocycles. The molecule has 0 aliphatic heterocycles. The fourth-order valence-electron chi connectivity index (χ4n) is 7.22. The Morgan fingerprint density at radius 1 is 0.521 bits per heavy atom. The molecular formula is C52H88O17P2. The van der Waals surface area contributed by atoms with E-state index in [9.17, 15) is 58.9 Å². The van der Waals surface area contributed by atoms with Gasteiger partial charge in [-0.2, -0.15) is 0 Å². The molecule has 0 amide bonds. The number of esters is 2. The number of phosphoric ester groups is 2. The van der Waals surface area contributed by atoms with Gasteiger partial charge in [0.05, 0.1) is 12.7 Å². The first kappa shape index (κ1) is 66.2. The van der Waals surface area contributed by atoms with Gasteiger partial charge in [-0.15, -0.1) is 0 Å². The Kier molecular flexibility index (Phi) is 38.7. The van der Waals surface area contributed by atoms with Crippen LogP contribution in [0.15, 0.2) is 85.1 Å². The van der Waals surface area contributed by atoms with E-state index in [0.29, 0.717) is 25.7 Å². The van der Waals surface area contributed by atoms with Crippen LogP contribution in [-0.4, -0.2) is 114 Å². The highest BCUT2D eigenvalue weighted by molar-refractivity contribution is 7.47. The van der Waals surface area contributed by atoms with Crippen LogP contribution in [-0.2, 0) is 41.8 Å². The monoisotopic (exact) mass is 1050 g/mol. The molecule has 8 N–H and O–H groups in total. The van der Waals surface area contributed by atoms with Gasteiger partial charge in [0.15, 0.2) is 6.10 Å². The predicted octanol–water partition coefficient (Wildman–Crippen LogP) is 9.54. The maximum atomic E-state index is 13.0. The Morgan fingerprint density at radius 2 is 1.00 bits per heavy atom. The Balaban J connectivity index is 2.64. The second-order valence-electron chi connectivity index (χ2n) is 17.7. The maximum absolute atomic E-state index is 13.0. The van der Waals surface area contributed by atoms with Gasteiger partial charge in [-0.05, 0) is 83.5 Å². The molecule has 1 rings (SSSR count). The summed E-state index contributed by atoms with van der Waals surface area (Å²) in [6.07, 6.45) is 34.0. The molecule has 0 aromatic heterocycles. The van der Waals surface area contributed by atoms with Crippen molar-refractivity contribution in [3.63, 3.8) is 0 Å². The van der Waals surface area contributed by atoms with Crippen LogP contribution in [0.25, 0.3) is 0 Å². The highest BCUT2D eigenvalue weighted by Gasteiger charge is 2.54.